The van der Waals surface area contributed by atoms with Gasteiger partial charge in [0.25, 0.3) is 0 Å². The number of carbonyl (C=O) groups is 1. The van der Waals surface area contributed by atoms with Crippen molar-refractivity contribution in [2.75, 3.05) is 19.7 Å². The molecule has 1 aliphatic carbocycles. The van der Waals surface area contributed by atoms with E-state index < -0.39 is 11.8 Å². The Morgan fingerprint density at radius 3 is 2.68 bits per heavy atom. The van der Waals surface area contributed by atoms with Crippen molar-refractivity contribution < 1.29 is 19.0 Å². The average molecular weight is 265 g/mol. The van der Waals surface area contributed by atoms with Gasteiger partial charge >= 0.3 is 5.97 Å². The van der Waals surface area contributed by atoms with E-state index in [4.69, 9.17) is 9.84 Å². The molecule has 1 saturated heterocycles. The van der Waals surface area contributed by atoms with Crippen molar-refractivity contribution in [2.45, 2.75) is 18.8 Å². The van der Waals surface area contributed by atoms with Gasteiger partial charge in [-0.1, -0.05) is 0 Å². The molecule has 19 heavy (non-hydrogen) atoms. The molecule has 0 spiro atoms. The van der Waals surface area contributed by atoms with Gasteiger partial charge in [0.1, 0.15) is 11.6 Å². The van der Waals surface area contributed by atoms with Gasteiger partial charge < -0.3 is 15.2 Å². The first-order chi connectivity index (χ1) is 9.15. The van der Waals surface area contributed by atoms with Gasteiger partial charge in [-0.2, -0.15) is 0 Å². The summed E-state index contributed by atoms with van der Waals surface area (Å²) in [5.74, 6) is -0.646. The van der Waals surface area contributed by atoms with E-state index in [0.29, 0.717) is 24.2 Å². The molecule has 4 nitrogen and oxygen atoms in total. The minimum absolute atomic E-state index is 0.264. The highest BCUT2D eigenvalue weighted by atomic mass is 19.1. The van der Waals surface area contributed by atoms with E-state index in [1.54, 1.807) is 0 Å². The predicted molar refractivity (Wildman–Crippen MR) is 67.2 cm³/mol. The SMILES string of the molecule is O=C(O)c1cc(C2CC2)c(OCC2CNC2)cc1F. The molecule has 0 aromatic heterocycles. The second-order valence-electron chi connectivity index (χ2n) is 5.28. The maximum atomic E-state index is 13.7. The molecule has 2 fully saturated rings. The lowest BCUT2D eigenvalue weighted by molar-refractivity contribution is 0.0691. The number of halogens is 1. The Morgan fingerprint density at radius 2 is 2.16 bits per heavy atom. The highest BCUT2D eigenvalue weighted by Gasteiger charge is 2.30. The smallest absolute Gasteiger partial charge is 0.338 e. The maximum absolute atomic E-state index is 13.7. The molecule has 1 heterocycles. The fourth-order valence-electron chi connectivity index (χ4n) is 2.25. The Morgan fingerprint density at radius 1 is 1.42 bits per heavy atom. The van der Waals surface area contributed by atoms with Crippen LogP contribution in [0.3, 0.4) is 0 Å². The van der Waals surface area contributed by atoms with E-state index >= 15 is 0 Å². The van der Waals surface area contributed by atoms with Crippen molar-refractivity contribution in [3.8, 4) is 5.75 Å². The second-order valence-corrected chi connectivity index (χ2v) is 5.28. The lowest BCUT2D eigenvalue weighted by Crippen LogP contribution is -2.45. The number of ether oxygens (including phenoxy) is 1. The molecule has 0 radical (unpaired) electrons. The van der Waals surface area contributed by atoms with Gasteiger partial charge in [-0.25, -0.2) is 9.18 Å². The monoisotopic (exact) mass is 265 g/mol. The van der Waals surface area contributed by atoms with Crippen LogP contribution in [0, 0.1) is 11.7 Å². The van der Waals surface area contributed by atoms with Crippen LogP contribution in [0.2, 0.25) is 0 Å². The number of hydrogen-bond donors (Lipinski definition) is 2. The van der Waals surface area contributed by atoms with E-state index in [-0.39, 0.29) is 5.56 Å². The predicted octanol–water partition coefficient (Wildman–Crippen LogP) is 2.00. The molecule has 1 aromatic rings. The summed E-state index contributed by atoms with van der Waals surface area (Å²) in [5, 5.41) is 12.1. The first kappa shape index (κ1) is 12.4. The third-order valence-corrected chi connectivity index (χ3v) is 3.69. The normalized spacial score (nSPS) is 19.0. The van der Waals surface area contributed by atoms with Crippen LogP contribution in [0.1, 0.15) is 34.7 Å². The van der Waals surface area contributed by atoms with E-state index in [9.17, 15) is 9.18 Å². The van der Waals surface area contributed by atoms with Crippen LogP contribution in [0.15, 0.2) is 12.1 Å². The van der Waals surface area contributed by atoms with Crippen LogP contribution < -0.4 is 10.1 Å². The van der Waals surface area contributed by atoms with Gasteiger partial charge in [0, 0.05) is 25.1 Å². The number of hydrogen-bond acceptors (Lipinski definition) is 3. The Labute approximate surface area is 110 Å². The molecule has 3 rings (SSSR count). The van der Waals surface area contributed by atoms with Crippen LogP contribution in [-0.2, 0) is 0 Å². The summed E-state index contributed by atoms with van der Waals surface area (Å²) in [5.41, 5.74) is 0.575. The summed E-state index contributed by atoms with van der Waals surface area (Å²) >= 11 is 0. The third kappa shape index (κ3) is 2.56. The molecular weight excluding hydrogens is 249 g/mol. The molecule has 2 aliphatic rings. The second kappa shape index (κ2) is 4.81. The van der Waals surface area contributed by atoms with Crippen molar-refractivity contribution in [3.63, 3.8) is 0 Å². The Bertz CT molecular complexity index is 510. The van der Waals surface area contributed by atoms with Crippen molar-refractivity contribution in [1.29, 1.82) is 0 Å². The third-order valence-electron chi connectivity index (χ3n) is 3.69. The highest BCUT2D eigenvalue weighted by molar-refractivity contribution is 5.88. The number of rotatable bonds is 5. The maximum Gasteiger partial charge on any atom is 0.338 e. The first-order valence-electron chi connectivity index (χ1n) is 6.55. The van der Waals surface area contributed by atoms with Crippen LogP contribution >= 0.6 is 0 Å². The number of carboxylic acids is 1. The zero-order valence-corrected chi connectivity index (χ0v) is 10.5. The van der Waals surface area contributed by atoms with Gasteiger partial charge in [-0.05, 0) is 30.4 Å². The van der Waals surface area contributed by atoms with E-state index in [2.05, 4.69) is 5.32 Å². The van der Waals surface area contributed by atoms with Crippen LogP contribution in [0.25, 0.3) is 0 Å². The van der Waals surface area contributed by atoms with Gasteiger partial charge in [-0.3, -0.25) is 0 Å². The molecule has 1 saturated carbocycles. The quantitative estimate of drug-likeness (QED) is 0.855. The standard InChI is InChI=1S/C14H16FNO3/c15-12-4-13(19-7-8-5-16-6-8)10(9-1-2-9)3-11(12)14(17)18/h3-4,8-9,16H,1-2,5-7H2,(H,17,18). The zero-order valence-electron chi connectivity index (χ0n) is 10.5. The topological polar surface area (TPSA) is 58.6 Å². The molecule has 1 aliphatic heterocycles. The number of aromatic carboxylic acids is 1. The van der Waals surface area contributed by atoms with Gasteiger partial charge in [0.15, 0.2) is 0 Å². The first-order valence-corrected chi connectivity index (χ1v) is 6.55. The zero-order chi connectivity index (χ0) is 13.4. The number of nitrogens with one attached hydrogen (secondary N) is 1. The summed E-state index contributed by atoms with van der Waals surface area (Å²) in [6, 6.07) is 2.66. The molecule has 0 bridgehead atoms. The molecule has 5 heteroatoms. The average Bonchev–Trinajstić information content (AvgIpc) is 3.10. The Balaban J connectivity index is 1.83. The number of benzene rings is 1. The molecule has 102 valence electrons. The molecule has 2 N–H and O–H groups in total. The lowest BCUT2D eigenvalue weighted by Gasteiger charge is -2.27. The van der Waals surface area contributed by atoms with E-state index in [1.807, 2.05) is 0 Å². The van der Waals surface area contributed by atoms with Gasteiger partial charge in [-0.15, -0.1) is 0 Å². The van der Waals surface area contributed by atoms with Crippen LogP contribution in [-0.4, -0.2) is 30.8 Å². The van der Waals surface area contributed by atoms with Gasteiger partial charge in [0.05, 0.1) is 12.2 Å². The molecule has 0 amide bonds. The summed E-state index contributed by atoms with van der Waals surface area (Å²) < 4.78 is 19.4. The molecule has 0 unspecified atom stereocenters. The van der Waals surface area contributed by atoms with Crippen molar-refractivity contribution in [1.82, 2.24) is 5.32 Å². The van der Waals surface area contributed by atoms with Gasteiger partial charge in [0.2, 0.25) is 0 Å². The van der Waals surface area contributed by atoms with E-state index in [0.717, 1.165) is 31.5 Å². The Kier molecular flexibility index (Phi) is 3.14. The minimum Gasteiger partial charge on any atom is -0.493 e. The summed E-state index contributed by atoms with van der Waals surface area (Å²) in [4.78, 5) is 11.0. The summed E-state index contributed by atoms with van der Waals surface area (Å²) in [6.07, 6.45) is 2.04. The van der Waals surface area contributed by atoms with Crippen LogP contribution in [0.5, 0.6) is 5.75 Å². The fraction of sp³-hybridized carbons (Fsp3) is 0.500. The minimum atomic E-state index is -1.23. The summed E-state index contributed by atoms with van der Waals surface area (Å²) in [7, 11) is 0. The van der Waals surface area contributed by atoms with E-state index in [1.165, 1.54) is 12.1 Å². The molecule has 0 atom stereocenters. The number of carboxylic acid groups (broad SMARTS) is 1. The lowest BCUT2D eigenvalue weighted by atomic mass is 10.0. The van der Waals surface area contributed by atoms with Crippen molar-refractivity contribution in [2.24, 2.45) is 5.92 Å². The fourth-order valence-corrected chi connectivity index (χ4v) is 2.25. The highest BCUT2D eigenvalue weighted by Crippen LogP contribution is 2.45. The summed E-state index contributed by atoms with van der Waals surface area (Å²) in [6.45, 7) is 2.40. The molecule has 1 aromatic carbocycles. The largest absolute Gasteiger partial charge is 0.493 e. The van der Waals surface area contributed by atoms with Crippen LogP contribution in [0.4, 0.5) is 4.39 Å². The molecular formula is C14H16FNO3. The Hall–Kier alpha value is -1.62. The van der Waals surface area contributed by atoms with Crippen molar-refractivity contribution >= 4 is 5.97 Å². The van der Waals surface area contributed by atoms with Crippen molar-refractivity contribution in [3.05, 3.63) is 29.1 Å².